The number of likely N-dealkylation sites (tertiary alicyclic amines) is 1. The number of aliphatic hydroxyl groups is 1. The molecule has 6 heteroatoms. The first-order valence-corrected chi connectivity index (χ1v) is 10.5. The first-order valence-electron chi connectivity index (χ1n) is 10.5. The van der Waals surface area contributed by atoms with Crippen molar-refractivity contribution in [2.24, 2.45) is 0 Å². The summed E-state index contributed by atoms with van der Waals surface area (Å²) in [5.74, 6) is 0.999. The predicted octanol–water partition coefficient (Wildman–Crippen LogP) is 3.08. The van der Waals surface area contributed by atoms with E-state index in [0.717, 1.165) is 22.6 Å². The molecule has 1 aromatic heterocycles. The zero-order valence-electron chi connectivity index (χ0n) is 17.4. The highest BCUT2D eigenvalue weighted by Crippen LogP contribution is 2.49. The third-order valence-corrected chi connectivity index (χ3v) is 6.54. The van der Waals surface area contributed by atoms with Crippen molar-refractivity contribution in [1.82, 2.24) is 9.88 Å². The van der Waals surface area contributed by atoms with Crippen LogP contribution in [0.1, 0.15) is 27.4 Å². The van der Waals surface area contributed by atoms with Gasteiger partial charge in [-0.05, 0) is 29.8 Å². The SMILES string of the molecule is COc1ccccc1CN1[C@H](CO)[C@@H]2c3ccccc3N(C(=O)c3ccncc3)C[C@@H]21. The number of benzene rings is 2. The predicted molar refractivity (Wildman–Crippen MR) is 118 cm³/mol. The highest BCUT2D eigenvalue weighted by atomic mass is 16.5. The molecule has 3 heterocycles. The monoisotopic (exact) mass is 415 g/mol. The molecule has 0 unspecified atom stereocenters. The van der Waals surface area contributed by atoms with E-state index in [4.69, 9.17) is 4.74 Å². The van der Waals surface area contributed by atoms with Crippen molar-refractivity contribution in [3.63, 3.8) is 0 Å². The van der Waals surface area contributed by atoms with Gasteiger partial charge in [-0.2, -0.15) is 0 Å². The molecule has 1 amide bonds. The van der Waals surface area contributed by atoms with E-state index in [0.29, 0.717) is 18.7 Å². The third-order valence-electron chi connectivity index (χ3n) is 6.54. The van der Waals surface area contributed by atoms with Gasteiger partial charge in [0.05, 0.1) is 13.7 Å². The largest absolute Gasteiger partial charge is 0.496 e. The van der Waals surface area contributed by atoms with Gasteiger partial charge in [-0.15, -0.1) is 0 Å². The number of para-hydroxylation sites is 2. The van der Waals surface area contributed by atoms with E-state index in [1.807, 2.05) is 41.3 Å². The summed E-state index contributed by atoms with van der Waals surface area (Å²) in [6.07, 6.45) is 3.29. The van der Waals surface area contributed by atoms with Gasteiger partial charge in [-0.1, -0.05) is 36.4 Å². The molecule has 2 aliphatic heterocycles. The second-order valence-electron chi connectivity index (χ2n) is 8.04. The Labute approximate surface area is 181 Å². The number of nitrogens with zero attached hydrogens (tertiary/aromatic N) is 3. The van der Waals surface area contributed by atoms with Crippen LogP contribution in [-0.4, -0.2) is 53.2 Å². The van der Waals surface area contributed by atoms with Gasteiger partial charge in [-0.3, -0.25) is 14.7 Å². The maximum atomic E-state index is 13.4. The van der Waals surface area contributed by atoms with Crippen molar-refractivity contribution in [2.75, 3.05) is 25.2 Å². The van der Waals surface area contributed by atoms with Crippen LogP contribution in [0, 0.1) is 0 Å². The number of aliphatic hydroxyl groups excluding tert-OH is 1. The molecule has 158 valence electrons. The van der Waals surface area contributed by atoms with Crippen molar-refractivity contribution in [3.05, 3.63) is 89.7 Å². The van der Waals surface area contributed by atoms with Gasteiger partial charge in [0.25, 0.3) is 5.91 Å². The van der Waals surface area contributed by atoms with E-state index < -0.39 is 0 Å². The molecule has 0 spiro atoms. The molecule has 6 nitrogen and oxygen atoms in total. The van der Waals surface area contributed by atoms with Crippen LogP contribution in [0.4, 0.5) is 5.69 Å². The number of pyridine rings is 1. The second kappa shape index (κ2) is 8.13. The number of ether oxygens (including phenoxy) is 1. The summed E-state index contributed by atoms with van der Waals surface area (Å²) in [6, 6.07) is 19.7. The zero-order chi connectivity index (χ0) is 21.4. The average Bonchev–Trinajstić information content (AvgIpc) is 2.83. The average molecular weight is 415 g/mol. The minimum Gasteiger partial charge on any atom is -0.496 e. The molecular weight excluding hydrogens is 390 g/mol. The molecular formula is C25H25N3O3. The minimum atomic E-state index is -0.0296. The smallest absolute Gasteiger partial charge is 0.258 e. The van der Waals surface area contributed by atoms with Gasteiger partial charge in [0.15, 0.2) is 0 Å². The minimum absolute atomic E-state index is 0.00856. The second-order valence-corrected chi connectivity index (χ2v) is 8.04. The van der Waals surface area contributed by atoms with Gasteiger partial charge in [-0.25, -0.2) is 0 Å². The summed E-state index contributed by atoms with van der Waals surface area (Å²) in [6.45, 7) is 1.31. The zero-order valence-corrected chi connectivity index (χ0v) is 17.4. The maximum Gasteiger partial charge on any atom is 0.258 e. The Kier molecular flexibility index (Phi) is 5.18. The lowest BCUT2D eigenvalue weighted by atomic mass is 9.71. The number of aromatic nitrogens is 1. The number of carbonyl (C=O) groups excluding carboxylic acids is 1. The Bertz CT molecular complexity index is 1090. The van der Waals surface area contributed by atoms with E-state index in [1.165, 1.54) is 0 Å². The molecule has 1 fully saturated rings. The lowest BCUT2D eigenvalue weighted by Crippen LogP contribution is -2.68. The van der Waals surface area contributed by atoms with Gasteiger partial charge < -0.3 is 14.7 Å². The van der Waals surface area contributed by atoms with Crippen molar-refractivity contribution in [3.8, 4) is 5.75 Å². The number of carbonyl (C=O) groups is 1. The van der Waals surface area contributed by atoms with Gasteiger partial charge in [0.1, 0.15) is 5.75 Å². The molecule has 1 saturated heterocycles. The molecule has 0 radical (unpaired) electrons. The molecule has 0 bridgehead atoms. The number of fused-ring (bicyclic) bond motifs is 3. The van der Waals surface area contributed by atoms with E-state index in [9.17, 15) is 9.90 Å². The summed E-state index contributed by atoms with van der Waals surface area (Å²) in [5.41, 5.74) is 3.75. The summed E-state index contributed by atoms with van der Waals surface area (Å²) in [7, 11) is 1.67. The van der Waals surface area contributed by atoms with Crippen molar-refractivity contribution in [1.29, 1.82) is 0 Å². The van der Waals surface area contributed by atoms with E-state index in [2.05, 4.69) is 22.0 Å². The highest BCUT2D eigenvalue weighted by molar-refractivity contribution is 6.07. The summed E-state index contributed by atoms with van der Waals surface area (Å²) >= 11 is 0. The normalized spacial score (nSPS) is 22.3. The van der Waals surface area contributed by atoms with E-state index in [1.54, 1.807) is 31.6 Å². The lowest BCUT2D eigenvalue weighted by Gasteiger charge is -2.59. The number of hydrogen-bond donors (Lipinski definition) is 1. The Morgan fingerprint density at radius 1 is 1.10 bits per heavy atom. The fourth-order valence-electron chi connectivity index (χ4n) is 5.07. The van der Waals surface area contributed by atoms with Crippen LogP contribution in [0.3, 0.4) is 0 Å². The molecule has 3 atom stereocenters. The Hall–Kier alpha value is -3.22. The standard InChI is InChI=1S/C25H25N3O3/c1-31-23-9-5-2-6-18(23)14-27-21-15-28(25(30)17-10-12-26-13-11-17)20-8-4-3-7-19(20)24(21)22(27)16-29/h2-13,21-22,24,29H,14-16H2,1H3/t21-,22+,24+/m0/s1. The van der Waals surface area contributed by atoms with Crippen LogP contribution in [0.25, 0.3) is 0 Å². The van der Waals surface area contributed by atoms with Crippen LogP contribution in [-0.2, 0) is 6.54 Å². The number of amides is 1. The molecule has 0 saturated carbocycles. The molecule has 3 aromatic rings. The van der Waals surface area contributed by atoms with Gasteiger partial charge in [0.2, 0.25) is 0 Å². The van der Waals surface area contributed by atoms with Crippen molar-refractivity contribution < 1.29 is 14.6 Å². The van der Waals surface area contributed by atoms with Crippen LogP contribution in [0.5, 0.6) is 5.75 Å². The van der Waals surface area contributed by atoms with Crippen LogP contribution >= 0.6 is 0 Å². The quantitative estimate of drug-likeness (QED) is 0.694. The maximum absolute atomic E-state index is 13.4. The van der Waals surface area contributed by atoms with Crippen molar-refractivity contribution in [2.45, 2.75) is 24.5 Å². The molecule has 0 aliphatic carbocycles. The Balaban J connectivity index is 1.50. The molecule has 5 rings (SSSR count). The van der Waals surface area contributed by atoms with Crippen LogP contribution < -0.4 is 9.64 Å². The molecule has 2 aromatic carbocycles. The van der Waals surface area contributed by atoms with Gasteiger partial charge in [0, 0.05) is 60.3 Å². The van der Waals surface area contributed by atoms with Crippen molar-refractivity contribution >= 4 is 11.6 Å². The number of hydrogen-bond acceptors (Lipinski definition) is 5. The fourth-order valence-corrected chi connectivity index (χ4v) is 5.07. The first-order chi connectivity index (χ1) is 15.2. The topological polar surface area (TPSA) is 65.9 Å². The molecule has 1 N–H and O–H groups in total. The molecule has 31 heavy (non-hydrogen) atoms. The Morgan fingerprint density at radius 2 is 1.84 bits per heavy atom. The van der Waals surface area contributed by atoms with E-state index >= 15 is 0 Å². The van der Waals surface area contributed by atoms with Gasteiger partial charge >= 0.3 is 0 Å². The van der Waals surface area contributed by atoms with E-state index in [-0.39, 0.29) is 30.5 Å². The Morgan fingerprint density at radius 3 is 2.61 bits per heavy atom. The first kappa shape index (κ1) is 19.7. The summed E-state index contributed by atoms with van der Waals surface area (Å²) in [4.78, 5) is 21.6. The summed E-state index contributed by atoms with van der Waals surface area (Å²) < 4.78 is 5.53. The third kappa shape index (κ3) is 3.28. The fraction of sp³-hybridized carbons (Fsp3) is 0.280. The summed E-state index contributed by atoms with van der Waals surface area (Å²) in [5, 5.41) is 10.2. The lowest BCUT2D eigenvalue weighted by molar-refractivity contribution is -0.0491. The highest BCUT2D eigenvalue weighted by Gasteiger charge is 2.53. The number of methoxy groups -OCH3 is 1. The number of anilines is 1. The molecule has 2 aliphatic rings. The van der Waals surface area contributed by atoms with Crippen LogP contribution in [0.15, 0.2) is 73.1 Å². The number of rotatable bonds is 5. The van der Waals surface area contributed by atoms with Crippen LogP contribution in [0.2, 0.25) is 0 Å².